The first kappa shape index (κ1) is 22.5. The van der Waals surface area contributed by atoms with E-state index in [1.807, 2.05) is 54.6 Å². The first-order chi connectivity index (χ1) is 15.5. The lowest BCUT2D eigenvalue weighted by atomic mass is 10.1. The fraction of sp³-hybridized carbons (Fsp3) is 0.320. The van der Waals surface area contributed by atoms with Crippen LogP contribution in [0.1, 0.15) is 15.9 Å². The third-order valence-corrected chi connectivity index (χ3v) is 7.81. The van der Waals surface area contributed by atoms with Crippen molar-refractivity contribution in [1.29, 1.82) is 0 Å². The summed E-state index contributed by atoms with van der Waals surface area (Å²) in [6.45, 7) is 3.48. The van der Waals surface area contributed by atoms with Crippen molar-refractivity contribution in [1.82, 2.24) is 14.5 Å². The predicted molar refractivity (Wildman–Crippen MR) is 128 cm³/mol. The van der Waals surface area contributed by atoms with Crippen LogP contribution in [0.4, 0.5) is 0 Å². The van der Waals surface area contributed by atoms with Crippen molar-refractivity contribution in [2.45, 2.75) is 6.42 Å². The summed E-state index contributed by atoms with van der Waals surface area (Å²) in [6, 6.07) is 23.6. The second-order valence-corrected chi connectivity index (χ2v) is 10.2. The highest BCUT2D eigenvalue weighted by molar-refractivity contribution is 7.89. The van der Waals surface area contributed by atoms with E-state index in [4.69, 9.17) is 0 Å². The van der Waals surface area contributed by atoms with Crippen LogP contribution in [0.3, 0.4) is 0 Å². The molecule has 1 amide bonds. The molecule has 3 aromatic rings. The van der Waals surface area contributed by atoms with Gasteiger partial charge in [0.2, 0.25) is 10.0 Å². The lowest BCUT2D eigenvalue weighted by molar-refractivity contribution is 0.0956. The number of hydrogen-bond acceptors (Lipinski definition) is 4. The summed E-state index contributed by atoms with van der Waals surface area (Å²) in [7, 11) is -3.39. The molecule has 1 aliphatic heterocycles. The number of amides is 1. The van der Waals surface area contributed by atoms with Gasteiger partial charge in [0, 0.05) is 44.8 Å². The van der Waals surface area contributed by atoms with Crippen molar-refractivity contribution >= 4 is 26.7 Å². The van der Waals surface area contributed by atoms with Gasteiger partial charge in [0.25, 0.3) is 5.91 Å². The maximum Gasteiger partial charge on any atom is 0.251 e. The van der Waals surface area contributed by atoms with Crippen molar-refractivity contribution in [2.75, 3.05) is 45.0 Å². The topological polar surface area (TPSA) is 69.7 Å². The number of rotatable bonds is 8. The molecule has 0 unspecified atom stereocenters. The monoisotopic (exact) mass is 451 g/mol. The Kier molecular flexibility index (Phi) is 7.19. The number of fused-ring (bicyclic) bond motifs is 1. The number of benzene rings is 3. The van der Waals surface area contributed by atoms with Gasteiger partial charge in [0.1, 0.15) is 0 Å². The Morgan fingerprint density at radius 1 is 0.844 bits per heavy atom. The average Bonchev–Trinajstić information content (AvgIpc) is 2.83. The third kappa shape index (κ3) is 5.73. The van der Waals surface area contributed by atoms with Crippen molar-refractivity contribution in [3.8, 4) is 0 Å². The summed E-state index contributed by atoms with van der Waals surface area (Å²) in [4.78, 5) is 14.8. The van der Waals surface area contributed by atoms with Crippen LogP contribution in [0.25, 0.3) is 10.8 Å². The van der Waals surface area contributed by atoms with Gasteiger partial charge in [-0.2, -0.15) is 4.31 Å². The van der Waals surface area contributed by atoms with Gasteiger partial charge in [-0.25, -0.2) is 8.42 Å². The summed E-state index contributed by atoms with van der Waals surface area (Å²) in [5.74, 6) is -0.340. The average molecular weight is 452 g/mol. The molecule has 168 valence electrons. The van der Waals surface area contributed by atoms with Crippen molar-refractivity contribution in [3.05, 3.63) is 83.9 Å². The molecule has 7 heteroatoms. The number of carbonyl (C=O) groups is 1. The minimum Gasteiger partial charge on any atom is -0.351 e. The van der Waals surface area contributed by atoms with E-state index in [0.717, 1.165) is 36.8 Å². The highest BCUT2D eigenvalue weighted by Crippen LogP contribution is 2.15. The molecule has 0 bridgehead atoms. The molecule has 1 saturated heterocycles. The minimum absolute atomic E-state index is 0.0870. The second-order valence-electron chi connectivity index (χ2n) is 8.11. The van der Waals surface area contributed by atoms with Gasteiger partial charge < -0.3 is 10.2 Å². The van der Waals surface area contributed by atoms with Crippen molar-refractivity contribution in [2.24, 2.45) is 0 Å². The lowest BCUT2D eigenvalue weighted by Crippen LogP contribution is -2.50. The van der Waals surface area contributed by atoms with Gasteiger partial charge in [-0.3, -0.25) is 4.79 Å². The Labute approximate surface area is 189 Å². The van der Waals surface area contributed by atoms with E-state index in [1.165, 1.54) is 5.56 Å². The molecule has 1 N–H and O–H groups in total. The summed E-state index contributed by atoms with van der Waals surface area (Å²) >= 11 is 0. The molecule has 3 aromatic carbocycles. The Hall–Kier alpha value is -2.74. The molecule has 1 aliphatic rings. The molecule has 4 rings (SSSR count). The quantitative estimate of drug-likeness (QED) is 0.572. The van der Waals surface area contributed by atoms with Crippen LogP contribution in [-0.4, -0.2) is 68.6 Å². The number of nitrogens with zero attached hydrogens (tertiary/aromatic N) is 2. The van der Waals surface area contributed by atoms with Gasteiger partial charge in [-0.05, 0) is 34.9 Å². The maximum absolute atomic E-state index is 12.7. The van der Waals surface area contributed by atoms with Crippen molar-refractivity contribution in [3.63, 3.8) is 0 Å². The van der Waals surface area contributed by atoms with Gasteiger partial charge in [-0.1, -0.05) is 60.7 Å². The predicted octanol–water partition coefficient (Wildman–Crippen LogP) is 2.76. The normalized spacial score (nSPS) is 15.6. The minimum atomic E-state index is -3.39. The Morgan fingerprint density at radius 3 is 2.28 bits per heavy atom. The molecular formula is C25H29N3O3S. The molecule has 0 saturated carbocycles. The van der Waals surface area contributed by atoms with E-state index in [1.54, 1.807) is 10.4 Å². The lowest BCUT2D eigenvalue weighted by Gasteiger charge is -2.34. The molecule has 32 heavy (non-hydrogen) atoms. The molecule has 0 spiro atoms. The molecule has 1 fully saturated rings. The molecule has 0 radical (unpaired) electrons. The Balaban J connectivity index is 1.22. The fourth-order valence-corrected chi connectivity index (χ4v) is 5.36. The summed E-state index contributed by atoms with van der Waals surface area (Å²) < 4.78 is 27.0. The third-order valence-electron chi connectivity index (χ3n) is 5.94. The second kappa shape index (κ2) is 10.3. The smallest absolute Gasteiger partial charge is 0.251 e. The summed E-state index contributed by atoms with van der Waals surface area (Å²) in [6.07, 6.45) is 0.967. The van der Waals surface area contributed by atoms with Crippen molar-refractivity contribution < 1.29 is 13.2 Å². The van der Waals surface area contributed by atoms with Gasteiger partial charge in [0.05, 0.1) is 5.75 Å². The molecular weight excluding hydrogens is 422 g/mol. The highest BCUT2D eigenvalue weighted by Gasteiger charge is 2.26. The van der Waals surface area contributed by atoms with Crippen LogP contribution in [0.15, 0.2) is 72.8 Å². The van der Waals surface area contributed by atoms with Crippen LogP contribution in [0, 0.1) is 0 Å². The zero-order chi connectivity index (χ0) is 22.4. The molecule has 1 heterocycles. The first-order valence-corrected chi connectivity index (χ1v) is 12.6. The van der Waals surface area contributed by atoms with Crippen LogP contribution in [0.2, 0.25) is 0 Å². The van der Waals surface area contributed by atoms with E-state index in [2.05, 4.69) is 22.3 Å². The fourth-order valence-electron chi connectivity index (χ4n) is 4.02. The van der Waals surface area contributed by atoms with Gasteiger partial charge in [-0.15, -0.1) is 0 Å². The van der Waals surface area contributed by atoms with Gasteiger partial charge in [0.15, 0.2) is 0 Å². The zero-order valence-electron chi connectivity index (χ0n) is 18.1. The number of sulfonamides is 1. The number of nitrogens with one attached hydrogen (secondary N) is 1. The Morgan fingerprint density at radius 2 is 1.53 bits per heavy atom. The number of carbonyl (C=O) groups excluding carboxylic acids is 1. The van der Waals surface area contributed by atoms with E-state index >= 15 is 0 Å². The van der Waals surface area contributed by atoms with Crippen LogP contribution >= 0.6 is 0 Å². The highest BCUT2D eigenvalue weighted by atomic mass is 32.2. The standard InChI is InChI=1S/C25H29N3O3S/c29-25(24-11-10-22-8-4-5-9-23(22)20-24)26-13-19-32(30,31)28-17-15-27(16-18-28)14-12-21-6-2-1-3-7-21/h1-11,20H,12-19H2,(H,26,29). The Bertz CT molecular complexity index is 1160. The van der Waals surface area contributed by atoms with Crippen LogP contribution < -0.4 is 5.32 Å². The SMILES string of the molecule is O=C(NCCS(=O)(=O)N1CCN(CCc2ccccc2)CC1)c1ccc2ccccc2c1. The molecule has 0 atom stereocenters. The number of piperazine rings is 1. The van der Waals surface area contributed by atoms with Gasteiger partial charge >= 0.3 is 0 Å². The van der Waals surface area contributed by atoms with E-state index in [9.17, 15) is 13.2 Å². The molecule has 0 aromatic heterocycles. The molecule has 0 aliphatic carbocycles. The maximum atomic E-state index is 12.7. The van der Waals surface area contributed by atoms with Crippen LogP contribution in [-0.2, 0) is 16.4 Å². The van der Waals surface area contributed by atoms with E-state index in [-0.39, 0.29) is 18.2 Å². The summed E-state index contributed by atoms with van der Waals surface area (Å²) in [5, 5.41) is 4.80. The summed E-state index contributed by atoms with van der Waals surface area (Å²) in [5.41, 5.74) is 1.83. The van der Waals surface area contributed by atoms with E-state index in [0.29, 0.717) is 18.7 Å². The van der Waals surface area contributed by atoms with Crippen LogP contribution in [0.5, 0.6) is 0 Å². The zero-order valence-corrected chi connectivity index (χ0v) is 18.9. The number of hydrogen-bond donors (Lipinski definition) is 1. The van der Waals surface area contributed by atoms with E-state index < -0.39 is 10.0 Å². The largest absolute Gasteiger partial charge is 0.351 e. The molecule has 6 nitrogen and oxygen atoms in total. The first-order valence-electron chi connectivity index (χ1n) is 11.0.